The summed E-state index contributed by atoms with van der Waals surface area (Å²) in [5.41, 5.74) is 2.98. The molecule has 1 heterocycles. The molecule has 2 aromatic carbocycles. The molecule has 0 amide bonds. The van der Waals surface area contributed by atoms with E-state index in [0.29, 0.717) is 81.4 Å². The number of Topliss-reactive ketones (excluding diaryl/α,β-unsaturated/α-hetero) is 1. The van der Waals surface area contributed by atoms with Gasteiger partial charge in [-0.25, -0.2) is 4.39 Å². The smallest absolute Gasteiger partial charge is 0.358 e. The maximum Gasteiger partial charge on any atom is 0.522 e. The molecule has 1 saturated heterocycles. The molecule has 0 bridgehead atoms. The van der Waals surface area contributed by atoms with Crippen molar-refractivity contribution in [1.29, 1.82) is 0 Å². The van der Waals surface area contributed by atoms with Crippen LogP contribution in [-0.4, -0.2) is 55.5 Å². The third-order valence-corrected chi connectivity index (χ3v) is 10.2. The van der Waals surface area contributed by atoms with Crippen LogP contribution in [0.2, 0.25) is 5.02 Å². The van der Waals surface area contributed by atoms with Gasteiger partial charge in [-0.3, -0.25) is 14.4 Å². The number of rotatable bonds is 12. The molecule has 1 aliphatic carbocycles. The largest absolute Gasteiger partial charge is 0.522 e. The fourth-order valence-electron chi connectivity index (χ4n) is 7.34. The van der Waals surface area contributed by atoms with E-state index in [1.165, 1.54) is 0 Å². The number of ether oxygens (including phenoxy) is 1. The van der Waals surface area contributed by atoms with Crippen molar-refractivity contribution in [2.75, 3.05) is 26.7 Å². The molecule has 2 aliphatic rings. The predicted octanol–water partition coefficient (Wildman–Crippen LogP) is 12.0. The summed E-state index contributed by atoms with van der Waals surface area (Å²) < 4.78 is 59.6. The van der Waals surface area contributed by atoms with Crippen LogP contribution < -0.4 is 5.32 Å². The van der Waals surface area contributed by atoms with Gasteiger partial charge in [0.05, 0.1) is 12.1 Å². The van der Waals surface area contributed by atoms with E-state index in [2.05, 4.69) is 42.6 Å². The van der Waals surface area contributed by atoms with Crippen molar-refractivity contribution in [1.82, 2.24) is 10.2 Å². The van der Waals surface area contributed by atoms with Crippen LogP contribution >= 0.6 is 11.6 Å². The topological polar surface area (TPSA) is 41.6 Å². The Balaban J connectivity index is 0. The average Bonchev–Trinajstić information content (AvgIpc) is 3.00. The van der Waals surface area contributed by atoms with Gasteiger partial charge in [0, 0.05) is 51.6 Å². The van der Waals surface area contributed by atoms with Crippen LogP contribution in [0.3, 0.4) is 0 Å². The van der Waals surface area contributed by atoms with E-state index >= 15 is 4.39 Å². The maximum atomic E-state index is 16.6. The van der Waals surface area contributed by atoms with Crippen molar-refractivity contribution in [3.05, 3.63) is 84.6 Å². The average molecular weight is 845 g/mol. The fraction of sp³-hybridized carbons (Fsp3) is 0.643. The standard InChI is InChI=1S/C35H47ClF4N2O2.C5H12.2CH3.2Cr/c1-5-23(2)33(43)32(29-11-6-8-24(3)31(29)25-12-14-28(15-13-25)44-35(38,39)40)42(4)21-16-30(26-9-7-10-27(36)22-26)34(37)17-19-41-20-18-34;1-5(2,3)4;;;;/h6-11,22-23,25,28,30,32,41H,5,12-21H2,1-4H3;1-4H3;2*1H3;;/q;;2*-1;;. The molecule has 4 rings (SSSR count). The van der Waals surface area contributed by atoms with Crippen LogP contribution in [0.5, 0.6) is 0 Å². The quantitative estimate of drug-likeness (QED) is 0.171. The SMILES string of the molecule is CC(C)(C)C.CCC(C)C(=O)C(c1cccc(C)c1C1CCC(OC(F)(F)F)CC1)N(C)CCC(c1cccc(Cl)c1)C1(F)CCNCC1.[CH3-].[CH3-].[Cr].[Cr]. The molecule has 2 fully saturated rings. The monoisotopic (exact) mass is 844 g/mol. The number of ketones is 1. The molecule has 0 radical (unpaired) electrons. The van der Waals surface area contributed by atoms with Crippen molar-refractivity contribution in [2.24, 2.45) is 11.3 Å². The molecule has 1 saturated carbocycles. The van der Waals surface area contributed by atoms with Gasteiger partial charge in [-0.2, -0.15) is 0 Å². The second kappa shape index (κ2) is 24.0. The molecule has 3 atom stereocenters. The van der Waals surface area contributed by atoms with Gasteiger partial charge in [0.2, 0.25) is 0 Å². The van der Waals surface area contributed by atoms with Crippen LogP contribution in [0.4, 0.5) is 17.6 Å². The minimum atomic E-state index is -4.64. The molecule has 3 unspecified atom stereocenters. The predicted molar refractivity (Wildman–Crippen MR) is 206 cm³/mol. The summed E-state index contributed by atoms with van der Waals surface area (Å²) in [6.45, 7) is 16.4. The number of halogens is 5. The maximum absolute atomic E-state index is 16.6. The van der Waals surface area contributed by atoms with E-state index in [0.717, 1.165) is 22.3 Å². The van der Waals surface area contributed by atoms with E-state index in [1.807, 2.05) is 64.2 Å². The first kappa shape index (κ1) is 54.2. The summed E-state index contributed by atoms with van der Waals surface area (Å²) in [5, 5.41) is 3.84. The van der Waals surface area contributed by atoms with Crippen LogP contribution in [-0.2, 0) is 44.3 Å². The van der Waals surface area contributed by atoms with Crippen LogP contribution in [0.15, 0.2) is 42.5 Å². The molecule has 1 N–H and O–H groups in total. The summed E-state index contributed by atoms with van der Waals surface area (Å²) in [4.78, 5) is 16.2. The first-order chi connectivity index (χ1) is 22.8. The molecule has 11 heteroatoms. The Kier molecular flexibility index (Phi) is 24.5. The third-order valence-electron chi connectivity index (χ3n) is 9.92. The third kappa shape index (κ3) is 17.0. The van der Waals surface area contributed by atoms with Crippen LogP contribution in [0.1, 0.15) is 133 Å². The Labute approximate surface area is 346 Å². The number of nitrogens with zero attached hydrogens (tertiary/aromatic N) is 1. The second-order valence-corrected chi connectivity index (χ2v) is 16.3. The van der Waals surface area contributed by atoms with Gasteiger partial charge in [-0.05, 0) is 131 Å². The number of nitrogens with one attached hydrogen (secondary N) is 1. The van der Waals surface area contributed by atoms with E-state index in [-0.39, 0.29) is 73.1 Å². The first-order valence-corrected chi connectivity index (χ1v) is 18.4. The van der Waals surface area contributed by atoms with E-state index in [1.54, 1.807) is 6.07 Å². The molecule has 0 aromatic heterocycles. The zero-order chi connectivity index (χ0) is 36.6. The zero-order valence-corrected chi connectivity index (χ0v) is 37.0. The summed E-state index contributed by atoms with van der Waals surface area (Å²) in [7, 11) is 1.94. The van der Waals surface area contributed by atoms with Crippen molar-refractivity contribution in [3.63, 3.8) is 0 Å². The number of carbonyl (C=O) groups is 1. The van der Waals surface area contributed by atoms with E-state index < -0.39 is 24.2 Å². The van der Waals surface area contributed by atoms with Gasteiger partial charge in [-0.15, -0.1) is 13.2 Å². The molecule has 1 aliphatic heterocycles. The Hall–Kier alpha value is -0.935. The number of benzene rings is 2. The van der Waals surface area contributed by atoms with Crippen molar-refractivity contribution >= 4 is 17.4 Å². The molecule has 0 spiro atoms. The number of alkyl halides is 4. The van der Waals surface area contributed by atoms with E-state index in [4.69, 9.17) is 11.6 Å². The van der Waals surface area contributed by atoms with Gasteiger partial charge < -0.3 is 20.2 Å². The molecule has 2 aromatic rings. The van der Waals surface area contributed by atoms with Gasteiger partial charge in [-0.1, -0.05) is 83.5 Å². The Morgan fingerprint density at radius 1 is 1.00 bits per heavy atom. The first-order valence-electron chi connectivity index (χ1n) is 18.1. The number of hydrogen-bond donors (Lipinski definition) is 1. The Morgan fingerprint density at radius 3 is 2.06 bits per heavy atom. The van der Waals surface area contributed by atoms with E-state index in [9.17, 15) is 18.0 Å². The van der Waals surface area contributed by atoms with Gasteiger partial charge >= 0.3 is 6.36 Å². The van der Waals surface area contributed by atoms with Gasteiger partial charge in [0.25, 0.3) is 0 Å². The minimum absolute atomic E-state index is 0. The summed E-state index contributed by atoms with van der Waals surface area (Å²) >= 11 is 6.35. The number of hydrogen-bond acceptors (Lipinski definition) is 4. The Bertz CT molecular complexity index is 1340. The number of likely N-dealkylation sites (N-methyl/N-ethyl adjacent to an activating group) is 1. The molecule has 4 nitrogen and oxygen atoms in total. The van der Waals surface area contributed by atoms with Crippen molar-refractivity contribution in [3.8, 4) is 0 Å². The molecular weight excluding hydrogens is 780 g/mol. The van der Waals surface area contributed by atoms with Crippen LogP contribution in [0, 0.1) is 33.1 Å². The number of piperidine rings is 1. The molecule has 53 heavy (non-hydrogen) atoms. The number of carbonyl (C=O) groups excluding carboxylic acids is 1. The van der Waals surface area contributed by atoms with Crippen molar-refractivity contribution < 1.29 is 61.8 Å². The number of aryl methyl sites for hydroxylation is 1. The normalized spacial score (nSPS) is 20.1. The summed E-state index contributed by atoms with van der Waals surface area (Å²) in [6, 6.07) is 12.9. The van der Waals surface area contributed by atoms with Crippen molar-refractivity contribution in [2.45, 2.75) is 136 Å². The minimum Gasteiger partial charge on any atom is -0.358 e. The second-order valence-electron chi connectivity index (χ2n) is 15.9. The molecule has 304 valence electrons. The summed E-state index contributed by atoms with van der Waals surface area (Å²) in [6.07, 6.45) is -1.73. The van der Waals surface area contributed by atoms with Crippen LogP contribution in [0.25, 0.3) is 0 Å². The fourth-order valence-corrected chi connectivity index (χ4v) is 7.54. The Morgan fingerprint density at radius 2 is 1.55 bits per heavy atom. The van der Waals surface area contributed by atoms with Gasteiger partial charge in [0.15, 0.2) is 5.78 Å². The summed E-state index contributed by atoms with van der Waals surface area (Å²) in [5.74, 6) is -0.437. The molecular formula is C42H65ClCr2F4N2O2-2. The van der Waals surface area contributed by atoms with Gasteiger partial charge in [0.1, 0.15) is 5.67 Å². The zero-order valence-electron chi connectivity index (χ0n) is 33.7.